The van der Waals surface area contributed by atoms with Crippen molar-refractivity contribution in [3.05, 3.63) is 34.9 Å². The molecule has 3 heteroatoms. The lowest BCUT2D eigenvalue weighted by Gasteiger charge is -2.39. The summed E-state index contributed by atoms with van der Waals surface area (Å²) in [5.74, 6) is 0.0868. The van der Waals surface area contributed by atoms with Crippen LogP contribution in [0.5, 0.6) is 0 Å². The Hall–Kier alpha value is -1.35. The Bertz CT molecular complexity index is 504. The number of fused-ring (bicyclic) bond motifs is 1. The zero-order valence-corrected chi connectivity index (χ0v) is 12.1. The minimum absolute atomic E-state index is 0.499. The second-order valence-corrected chi connectivity index (χ2v) is 6.38. The van der Waals surface area contributed by atoms with Crippen LogP contribution in [0.4, 0.5) is 0 Å². The van der Waals surface area contributed by atoms with Gasteiger partial charge in [0.1, 0.15) is 0 Å². The molecule has 1 aliphatic heterocycles. The molecular formula is C17H23NO2. The molecule has 0 unspecified atom stereocenters. The number of carbonyl (C=O) groups is 1. The van der Waals surface area contributed by atoms with E-state index < -0.39 is 5.97 Å². The fourth-order valence-electron chi connectivity index (χ4n) is 3.75. The fraction of sp³-hybridized carbons (Fsp3) is 0.588. The van der Waals surface area contributed by atoms with Gasteiger partial charge >= 0.3 is 5.97 Å². The lowest BCUT2D eigenvalue weighted by atomic mass is 9.85. The number of nitrogens with zero attached hydrogens (tertiary/aromatic N) is 1. The van der Waals surface area contributed by atoms with Crippen LogP contribution in [0.3, 0.4) is 0 Å². The molecule has 1 saturated carbocycles. The molecule has 0 radical (unpaired) electrons. The third-order valence-electron chi connectivity index (χ3n) is 5.03. The molecule has 0 atom stereocenters. The van der Waals surface area contributed by atoms with Gasteiger partial charge in [0.25, 0.3) is 0 Å². The third-order valence-corrected chi connectivity index (χ3v) is 5.03. The van der Waals surface area contributed by atoms with Crippen LogP contribution >= 0.6 is 0 Å². The highest BCUT2D eigenvalue weighted by molar-refractivity contribution is 5.89. The lowest BCUT2D eigenvalue weighted by Crippen LogP contribution is -2.41. The van der Waals surface area contributed by atoms with E-state index >= 15 is 0 Å². The van der Waals surface area contributed by atoms with Gasteiger partial charge in [0.2, 0.25) is 0 Å². The molecule has 1 aromatic rings. The van der Waals surface area contributed by atoms with Gasteiger partial charge in [-0.15, -0.1) is 0 Å². The molecule has 1 aromatic carbocycles. The van der Waals surface area contributed by atoms with Crippen LogP contribution in [0.25, 0.3) is 0 Å². The predicted octanol–water partition coefficient (Wildman–Crippen LogP) is 3.32. The highest BCUT2D eigenvalue weighted by Gasteiger charge is 2.28. The maximum Gasteiger partial charge on any atom is 0.335 e. The summed E-state index contributed by atoms with van der Waals surface area (Å²) in [5, 5.41) is 9.27. The summed E-state index contributed by atoms with van der Waals surface area (Å²) in [5.41, 5.74) is 2.77. The van der Waals surface area contributed by atoms with Crippen molar-refractivity contribution in [1.82, 2.24) is 4.90 Å². The number of carboxylic acids is 1. The minimum atomic E-state index is -0.790. The number of hydrogen-bond donors (Lipinski definition) is 1. The van der Waals surface area contributed by atoms with Crippen molar-refractivity contribution in [2.24, 2.45) is 5.92 Å². The Labute approximate surface area is 120 Å². The Morgan fingerprint density at radius 1 is 1.25 bits per heavy atom. The van der Waals surface area contributed by atoms with Crippen molar-refractivity contribution in [3.63, 3.8) is 0 Å². The number of carboxylic acid groups (broad SMARTS) is 1. The monoisotopic (exact) mass is 273 g/mol. The highest BCUT2D eigenvalue weighted by atomic mass is 16.4. The van der Waals surface area contributed by atoms with Gasteiger partial charge in [0.15, 0.2) is 0 Å². The summed E-state index contributed by atoms with van der Waals surface area (Å²) < 4.78 is 0. The minimum Gasteiger partial charge on any atom is -0.478 e. The van der Waals surface area contributed by atoms with Crippen LogP contribution in [0.15, 0.2) is 18.2 Å². The fourth-order valence-corrected chi connectivity index (χ4v) is 3.75. The Morgan fingerprint density at radius 3 is 2.70 bits per heavy atom. The second-order valence-electron chi connectivity index (χ2n) is 6.38. The van der Waals surface area contributed by atoms with Crippen molar-refractivity contribution < 1.29 is 9.90 Å². The largest absolute Gasteiger partial charge is 0.478 e. The van der Waals surface area contributed by atoms with E-state index in [-0.39, 0.29) is 0 Å². The van der Waals surface area contributed by atoms with Gasteiger partial charge in [-0.1, -0.05) is 19.1 Å². The Kier molecular flexibility index (Phi) is 3.79. The Morgan fingerprint density at radius 2 is 2.00 bits per heavy atom. The first-order valence-electron chi connectivity index (χ1n) is 7.73. The summed E-state index contributed by atoms with van der Waals surface area (Å²) in [7, 11) is 0. The van der Waals surface area contributed by atoms with Crippen LogP contribution in [0.2, 0.25) is 0 Å². The van der Waals surface area contributed by atoms with Gasteiger partial charge in [-0.25, -0.2) is 4.79 Å². The van der Waals surface area contributed by atoms with E-state index in [1.54, 1.807) is 6.07 Å². The molecule has 0 aromatic heterocycles. The molecule has 1 fully saturated rings. The van der Waals surface area contributed by atoms with Crippen LogP contribution in [-0.2, 0) is 13.0 Å². The highest BCUT2D eigenvalue weighted by Crippen LogP contribution is 2.31. The van der Waals surface area contributed by atoms with Gasteiger partial charge in [0.05, 0.1) is 5.56 Å². The maximum atomic E-state index is 11.3. The molecule has 108 valence electrons. The zero-order chi connectivity index (χ0) is 14.1. The van der Waals surface area contributed by atoms with Crippen LogP contribution in [0, 0.1) is 5.92 Å². The molecule has 1 aliphatic carbocycles. The van der Waals surface area contributed by atoms with Crippen LogP contribution in [-0.4, -0.2) is 28.6 Å². The van der Waals surface area contributed by atoms with Crippen LogP contribution < -0.4 is 0 Å². The van der Waals surface area contributed by atoms with E-state index in [2.05, 4.69) is 17.9 Å². The molecule has 1 N–H and O–H groups in total. The maximum absolute atomic E-state index is 11.3. The number of aromatic carboxylic acids is 1. The van der Waals surface area contributed by atoms with Gasteiger partial charge in [-0.05, 0) is 55.2 Å². The summed E-state index contributed by atoms with van der Waals surface area (Å²) in [6, 6.07) is 6.42. The molecule has 2 aliphatic rings. The molecular weight excluding hydrogens is 250 g/mol. The van der Waals surface area contributed by atoms with Crippen molar-refractivity contribution in [1.29, 1.82) is 0 Å². The molecule has 3 nitrogen and oxygen atoms in total. The van der Waals surface area contributed by atoms with E-state index in [1.165, 1.54) is 31.2 Å². The summed E-state index contributed by atoms with van der Waals surface area (Å²) >= 11 is 0. The van der Waals surface area contributed by atoms with Gasteiger partial charge in [-0.2, -0.15) is 0 Å². The molecule has 1 heterocycles. The summed E-state index contributed by atoms with van der Waals surface area (Å²) in [6.07, 6.45) is 6.15. The lowest BCUT2D eigenvalue weighted by molar-refractivity contribution is 0.0693. The van der Waals surface area contributed by atoms with E-state index in [4.69, 9.17) is 0 Å². The number of benzene rings is 1. The first kappa shape index (κ1) is 13.6. The van der Waals surface area contributed by atoms with Crippen molar-refractivity contribution >= 4 is 5.97 Å². The summed E-state index contributed by atoms with van der Waals surface area (Å²) in [6.45, 7) is 4.28. The number of hydrogen-bond acceptors (Lipinski definition) is 2. The van der Waals surface area contributed by atoms with Crippen LogP contribution in [0.1, 0.15) is 54.1 Å². The molecule has 0 saturated heterocycles. The molecule has 20 heavy (non-hydrogen) atoms. The average Bonchev–Trinajstić information content (AvgIpc) is 2.46. The van der Waals surface area contributed by atoms with E-state index in [9.17, 15) is 9.90 Å². The quantitative estimate of drug-likeness (QED) is 0.898. The summed E-state index contributed by atoms with van der Waals surface area (Å²) in [4.78, 5) is 13.8. The topological polar surface area (TPSA) is 40.5 Å². The van der Waals surface area contributed by atoms with E-state index in [0.29, 0.717) is 11.6 Å². The van der Waals surface area contributed by atoms with Crippen molar-refractivity contribution in [3.8, 4) is 0 Å². The first-order valence-corrected chi connectivity index (χ1v) is 7.73. The molecule has 3 rings (SSSR count). The zero-order valence-electron chi connectivity index (χ0n) is 12.1. The van der Waals surface area contributed by atoms with Crippen molar-refractivity contribution in [2.45, 2.75) is 51.6 Å². The molecule has 0 spiro atoms. The normalized spacial score (nSPS) is 27.1. The number of rotatable bonds is 2. The van der Waals surface area contributed by atoms with Gasteiger partial charge in [0, 0.05) is 19.1 Å². The standard InChI is InChI=1S/C17H23NO2/c1-12-5-7-14(8-6-12)18-10-9-15-13(11-18)3-2-4-16(15)17(19)20/h2-4,12,14H,5-11H2,1H3,(H,19,20). The average molecular weight is 273 g/mol. The van der Waals surface area contributed by atoms with E-state index in [1.807, 2.05) is 6.07 Å². The Balaban J connectivity index is 1.76. The van der Waals surface area contributed by atoms with Crippen molar-refractivity contribution in [2.75, 3.05) is 6.54 Å². The smallest absolute Gasteiger partial charge is 0.335 e. The molecule has 0 bridgehead atoms. The third kappa shape index (κ3) is 2.59. The first-order chi connectivity index (χ1) is 9.65. The second kappa shape index (κ2) is 5.57. The van der Waals surface area contributed by atoms with Gasteiger partial charge in [-0.3, -0.25) is 4.90 Å². The SMILES string of the molecule is CC1CCC(N2CCc3c(cccc3C(=O)O)C2)CC1. The van der Waals surface area contributed by atoms with E-state index in [0.717, 1.165) is 31.0 Å². The predicted molar refractivity (Wildman–Crippen MR) is 78.9 cm³/mol. The van der Waals surface area contributed by atoms with Gasteiger partial charge < -0.3 is 5.11 Å². The molecule has 0 amide bonds.